The molecule has 3 heterocycles. The number of carboxylic acids is 1. The smallest absolute Gasteiger partial charge is 0.379 e. The number of hydrogen-bond acceptors (Lipinski definition) is 8. The van der Waals surface area contributed by atoms with Crippen molar-refractivity contribution in [3.05, 3.63) is 32.9 Å². The number of benzene rings is 1. The molecule has 0 bridgehead atoms. The topological polar surface area (TPSA) is 106 Å². The Kier molecular flexibility index (Phi) is 7.49. The van der Waals surface area contributed by atoms with Gasteiger partial charge >= 0.3 is 167 Å². The molecule has 176 valence electrons. The molecule has 0 atom stereocenters. The second-order valence-corrected chi connectivity index (χ2v) is 10.4. The Hall–Kier alpha value is -2.65. The number of hydrogen-bond donors (Lipinski definition) is 2. The first kappa shape index (κ1) is 23.5. The SMILES string of the molecule is COc1cc2ncnc(Nc3c(C)[se]c(C(=O)O)c3C)c2cc1OCCCN1CCOCC1. The first-order chi connectivity index (χ1) is 16.0. The van der Waals surface area contributed by atoms with Crippen LogP contribution in [0.25, 0.3) is 10.9 Å². The van der Waals surface area contributed by atoms with Gasteiger partial charge in [-0.1, -0.05) is 0 Å². The number of aryl methyl sites for hydroxylation is 1. The number of aromatic carboxylic acids is 1. The van der Waals surface area contributed by atoms with Crippen molar-refractivity contribution in [2.75, 3.05) is 51.9 Å². The number of nitrogens with one attached hydrogen (secondary N) is 1. The first-order valence-corrected chi connectivity index (χ1v) is 12.5. The Morgan fingerprint density at radius 2 is 2.03 bits per heavy atom. The number of rotatable bonds is 9. The predicted octanol–water partition coefficient (Wildman–Crippen LogP) is 2.86. The molecule has 0 saturated carbocycles. The van der Waals surface area contributed by atoms with E-state index in [0.29, 0.717) is 33.9 Å². The maximum atomic E-state index is 11.5. The zero-order chi connectivity index (χ0) is 23.4. The fourth-order valence-corrected chi connectivity index (χ4v) is 5.90. The number of morpholine rings is 1. The molecule has 0 spiro atoms. The Balaban J connectivity index is 1.55. The van der Waals surface area contributed by atoms with E-state index < -0.39 is 5.97 Å². The molecule has 1 fully saturated rings. The molecule has 1 aliphatic heterocycles. The fraction of sp³-hybridized carbons (Fsp3) is 0.435. The van der Waals surface area contributed by atoms with Crippen LogP contribution in [0.2, 0.25) is 0 Å². The van der Waals surface area contributed by atoms with Gasteiger partial charge in [-0.3, -0.25) is 0 Å². The number of ether oxygens (including phenoxy) is 3. The minimum atomic E-state index is -0.867. The van der Waals surface area contributed by atoms with Crippen LogP contribution in [0.15, 0.2) is 18.5 Å². The van der Waals surface area contributed by atoms with Gasteiger partial charge in [0, 0.05) is 13.1 Å². The van der Waals surface area contributed by atoms with Crippen LogP contribution in [-0.4, -0.2) is 87.0 Å². The van der Waals surface area contributed by atoms with E-state index in [4.69, 9.17) is 14.2 Å². The van der Waals surface area contributed by atoms with Gasteiger partial charge in [0.2, 0.25) is 0 Å². The molecule has 1 aromatic carbocycles. The van der Waals surface area contributed by atoms with E-state index >= 15 is 0 Å². The van der Waals surface area contributed by atoms with E-state index in [9.17, 15) is 9.90 Å². The Morgan fingerprint density at radius 1 is 1.24 bits per heavy atom. The zero-order valence-electron chi connectivity index (χ0n) is 19.0. The number of methoxy groups -OCH3 is 1. The van der Waals surface area contributed by atoms with Crippen molar-refractivity contribution in [1.82, 2.24) is 14.9 Å². The summed E-state index contributed by atoms with van der Waals surface area (Å²) in [6.07, 6.45) is 2.38. The second-order valence-electron chi connectivity index (χ2n) is 7.82. The summed E-state index contributed by atoms with van der Waals surface area (Å²) in [4.78, 5) is 22.7. The molecule has 2 N–H and O–H groups in total. The zero-order valence-corrected chi connectivity index (χ0v) is 20.7. The Morgan fingerprint density at radius 3 is 2.73 bits per heavy atom. The van der Waals surface area contributed by atoms with Crippen molar-refractivity contribution in [1.29, 1.82) is 0 Å². The summed E-state index contributed by atoms with van der Waals surface area (Å²) in [5.74, 6) is 0.984. The molecule has 0 radical (unpaired) electrons. The summed E-state index contributed by atoms with van der Waals surface area (Å²) in [7, 11) is 1.61. The van der Waals surface area contributed by atoms with Gasteiger partial charge in [-0.05, 0) is 0 Å². The number of carboxylic acid groups (broad SMARTS) is 1. The third-order valence-corrected chi connectivity index (χ3v) is 8.17. The predicted molar refractivity (Wildman–Crippen MR) is 127 cm³/mol. The van der Waals surface area contributed by atoms with Gasteiger partial charge in [0.15, 0.2) is 0 Å². The van der Waals surface area contributed by atoms with Crippen LogP contribution in [0.4, 0.5) is 11.5 Å². The van der Waals surface area contributed by atoms with Gasteiger partial charge in [0.1, 0.15) is 0 Å². The number of anilines is 2. The summed E-state index contributed by atoms with van der Waals surface area (Å²) < 4.78 is 18.5. The quantitative estimate of drug-likeness (QED) is 0.326. The molecule has 33 heavy (non-hydrogen) atoms. The molecule has 0 amide bonds. The van der Waals surface area contributed by atoms with E-state index in [2.05, 4.69) is 20.2 Å². The van der Waals surface area contributed by atoms with Crippen LogP contribution >= 0.6 is 0 Å². The van der Waals surface area contributed by atoms with Crippen LogP contribution < -0.4 is 14.8 Å². The molecule has 9 nitrogen and oxygen atoms in total. The number of fused-ring (bicyclic) bond motifs is 1. The second kappa shape index (κ2) is 10.5. The maximum absolute atomic E-state index is 11.5. The minimum Gasteiger partial charge on any atom is -0.379 e. The van der Waals surface area contributed by atoms with Crippen LogP contribution in [0.5, 0.6) is 11.5 Å². The Bertz CT molecular complexity index is 1140. The average molecular weight is 519 g/mol. The third kappa shape index (κ3) is 5.30. The van der Waals surface area contributed by atoms with Crippen LogP contribution in [0.1, 0.15) is 25.7 Å². The molecule has 4 rings (SSSR count). The standard InChI is InChI=1S/C23H28N4O5Se/c1-14-20(15(2)33-21(14)23(28)29)26-22-16-11-19(18(30-3)12-17(16)24-13-25-22)32-8-4-5-27-6-9-31-10-7-27/h11-13H,4-10H2,1-3H3,(H,28,29)(H,24,25,26). The molecule has 1 aliphatic rings. The van der Waals surface area contributed by atoms with E-state index in [1.165, 1.54) is 6.33 Å². The van der Waals surface area contributed by atoms with E-state index in [0.717, 1.165) is 60.3 Å². The number of carbonyl (C=O) groups is 1. The molecular formula is C23H28N4O5Se. The van der Waals surface area contributed by atoms with Crippen LogP contribution in [0.3, 0.4) is 0 Å². The van der Waals surface area contributed by atoms with Gasteiger partial charge in [-0.15, -0.1) is 0 Å². The monoisotopic (exact) mass is 520 g/mol. The van der Waals surface area contributed by atoms with Gasteiger partial charge in [-0.25, -0.2) is 0 Å². The van der Waals surface area contributed by atoms with E-state index in [1.807, 2.05) is 26.0 Å². The average Bonchev–Trinajstić information content (AvgIpc) is 3.11. The van der Waals surface area contributed by atoms with Crippen molar-refractivity contribution >= 4 is 42.9 Å². The number of aromatic nitrogens is 2. The third-order valence-electron chi connectivity index (χ3n) is 5.66. The fourth-order valence-electron chi connectivity index (χ4n) is 3.89. The van der Waals surface area contributed by atoms with Gasteiger partial charge < -0.3 is 4.74 Å². The summed E-state index contributed by atoms with van der Waals surface area (Å²) in [5.41, 5.74) is 2.28. The van der Waals surface area contributed by atoms with Gasteiger partial charge in [0.05, 0.1) is 13.2 Å². The summed E-state index contributed by atoms with van der Waals surface area (Å²) >= 11 is -0.209. The molecule has 2 aromatic heterocycles. The summed E-state index contributed by atoms with van der Waals surface area (Å²) in [6.45, 7) is 8.80. The van der Waals surface area contributed by atoms with E-state index in [-0.39, 0.29) is 14.5 Å². The summed E-state index contributed by atoms with van der Waals surface area (Å²) in [5, 5.41) is 13.6. The summed E-state index contributed by atoms with van der Waals surface area (Å²) in [6, 6.07) is 3.73. The molecule has 10 heteroatoms. The van der Waals surface area contributed by atoms with Crippen molar-refractivity contribution in [2.24, 2.45) is 0 Å². The first-order valence-electron chi connectivity index (χ1n) is 10.8. The molecule has 0 unspecified atom stereocenters. The van der Waals surface area contributed by atoms with Gasteiger partial charge in [0.25, 0.3) is 0 Å². The molecular weight excluding hydrogens is 491 g/mol. The van der Waals surface area contributed by atoms with Crippen molar-refractivity contribution in [2.45, 2.75) is 20.3 Å². The molecule has 3 aromatic rings. The number of nitrogens with zero attached hydrogens (tertiary/aromatic N) is 3. The Labute approximate surface area is 198 Å². The van der Waals surface area contributed by atoms with Crippen molar-refractivity contribution in [3.63, 3.8) is 0 Å². The van der Waals surface area contributed by atoms with Crippen molar-refractivity contribution in [3.8, 4) is 11.5 Å². The van der Waals surface area contributed by atoms with E-state index in [1.54, 1.807) is 7.11 Å². The normalized spacial score (nSPS) is 14.4. The minimum absolute atomic E-state index is 0.209. The van der Waals surface area contributed by atoms with Crippen LogP contribution in [-0.2, 0) is 4.74 Å². The molecule has 0 aliphatic carbocycles. The van der Waals surface area contributed by atoms with Crippen LogP contribution in [0, 0.1) is 13.8 Å². The van der Waals surface area contributed by atoms with Crippen molar-refractivity contribution < 1.29 is 24.1 Å². The van der Waals surface area contributed by atoms with Gasteiger partial charge in [-0.2, -0.15) is 0 Å². The molecule has 1 saturated heterocycles.